The van der Waals surface area contributed by atoms with Crippen LogP contribution >= 0.6 is 11.3 Å². The van der Waals surface area contributed by atoms with Crippen molar-refractivity contribution in [2.45, 2.75) is 13.5 Å². The molecule has 0 spiro atoms. The molecule has 5 nitrogen and oxygen atoms in total. The molecule has 3 N–H and O–H groups in total. The Morgan fingerprint density at radius 2 is 2.22 bits per heavy atom. The molecule has 0 unspecified atom stereocenters. The van der Waals surface area contributed by atoms with Gasteiger partial charge in [0.15, 0.2) is 11.5 Å². The zero-order valence-electron chi connectivity index (χ0n) is 9.67. The third kappa shape index (κ3) is 2.60. The van der Waals surface area contributed by atoms with Crippen molar-refractivity contribution in [2.75, 3.05) is 0 Å². The van der Waals surface area contributed by atoms with E-state index in [1.165, 1.54) is 29.5 Å². The third-order valence-electron chi connectivity index (χ3n) is 2.33. The molecule has 18 heavy (non-hydrogen) atoms. The summed E-state index contributed by atoms with van der Waals surface area (Å²) in [5.74, 6) is -1.17. The number of nitrogens with one attached hydrogen (secondary N) is 1. The van der Waals surface area contributed by atoms with E-state index in [9.17, 15) is 15.0 Å². The van der Waals surface area contributed by atoms with E-state index in [4.69, 9.17) is 0 Å². The third-order valence-corrected chi connectivity index (χ3v) is 3.29. The molecule has 6 heteroatoms. The molecule has 0 aliphatic carbocycles. The van der Waals surface area contributed by atoms with E-state index in [2.05, 4.69) is 10.3 Å². The lowest BCUT2D eigenvalue weighted by molar-refractivity contribution is 0.0947. The van der Waals surface area contributed by atoms with E-state index in [1.54, 1.807) is 0 Å². The van der Waals surface area contributed by atoms with Crippen molar-refractivity contribution in [3.05, 3.63) is 39.8 Å². The molecule has 2 rings (SSSR count). The van der Waals surface area contributed by atoms with Gasteiger partial charge in [-0.3, -0.25) is 4.79 Å². The van der Waals surface area contributed by atoms with Crippen LogP contribution < -0.4 is 5.32 Å². The number of para-hydroxylation sites is 1. The van der Waals surface area contributed by atoms with Gasteiger partial charge in [-0.2, -0.15) is 0 Å². The minimum absolute atomic E-state index is 0.0447. The van der Waals surface area contributed by atoms with Gasteiger partial charge in [-0.05, 0) is 19.1 Å². The molecule has 0 aliphatic rings. The number of aromatic nitrogens is 1. The van der Waals surface area contributed by atoms with Gasteiger partial charge in [0.2, 0.25) is 0 Å². The molecule has 94 valence electrons. The molecular formula is C12H12N2O3S. The molecule has 2 aromatic rings. The van der Waals surface area contributed by atoms with Crippen molar-refractivity contribution in [3.63, 3.8) is 0 Å². The van der Waals surface area contributed by atoms with Gasteiger partial charge in [-0.15, -0.1) is 11.3 Å². The van der Waals surface area contributed by atoms with Gasteiger partial charge in [0.25, 0.3) is 5.91 Å². The predicted octanol–water partition coefficient (Wildman–Crippen LogP) is 1.79. The normalized spacial score (nSPS) is 10.3. The van der Waals surface area contributed by atoms with Crippen LogP contribution in [0.1, 0.15) is 21.1 Å². The molecule has 0 saturated carbocycles. The molecule has 0 saturated heterocycles. The van der Waals surface area contributed by atoms with Crippen molar-refractivity contribution in [2.24, 2.45) is 0 Å². The Kier molecular flexibility index (Phi) is 3.47. The van der Waals surface area contributed by atoms with Gasteiger partial charge in [0.1, 0.15) is 5.01 Å². The van der Waals surface area contributed by atoms with Crippen molar-refractivity contribution in [1.82, 2.24) is 10.3 Å². The molecule has 0 radical (unpaired) electrons. The van der Waals surface area contributed by atoms with Crippen LogP contribution in [-0.4, -0.2) is 21.1 Å². The molecule has 1 aromatic carbocycles. The van der Waals surface area contributed by atoms with E-state index >= 15 is 0 Å². The van der Waals surface area contributed by atoms with Crippen molar-refractivity contribution < 1.29 is 15.0 Å². The summed E-state index contributed by atoms with van der Waals surface area (Å²) in [6.07, 6.45) is 0. The summed E-state index contributed by atoms with van der Waals surface area (Å²) >= 11 is 1.46. The molecule has 0 fully saturated rings. The second kappa shape index (κ2) is 5.05. The number of phenols is 2. The fourth-order valence-electron chi connectivity index (χ4n) is 1.45. The summed E-state index contributed by atoms with van der Waals surface area (Å²) in [5, 5.41) is 24.2. The average Bonchev–Trinajstić information content (AvgIpc) is 2.76. The first-order valence-electron chi connectivity index (χ1n) is 5.28. The van der Waals surface area contributed by atoms with Crippen LogP contribution in [0.25, 0.3) is 0 Å². The molecule has 0 aliphatic heterocycles. The lowest BCUT2D eigenvalue weighted by atomic mass is 10.1. The lowest BCUT2D eigenvalue weighted by Gasteiger charge is -2.06. The van der Waals surface area contributed by atoms with Crippen LogP contribution in [0.5, 0.6) is 11.5 Å². The topological polar surface area (TPSA) is 82.5 Å². The minimum atomic E-state index is -0.448. The van der Waals surface area contributed by atoms with Crippen LogP contribution in [0.3, 0.4) is 0 Å². The second-order valence-corrected chi connectivity index (χ2v) is 4.68. The largest absolute Gasteiger partial charge is 0.504 e. The SMILES string of the molecule is Cc1csc(CNC(=O)c2cccc(O)c2O)n1. The standard InChI is InChI=1S/C12H12N2O3S/c1-7-6-18-10(14-7)5-13-12(17)8-3-2-4-9(15)11(8)16/h2-4,6,15-16H,5H2,1H3,(H,13,17). The fourth-order valence-corrected chi connectivity index (χ4v) is 2.16. The number of amides is 1. The Bertz CT molecular complexity index is 580. The Labute approximate surface area is 108 Å². The van der Waals surface area contributed by atoms with Gasteiger partial charge in [0, 0.05) is 11.1 Å². The molecule has 0 atom stereocenters. The molecule has 1 heterocycles. The monoisotopic (exact) mass is 264 g/mol. The summed E-state index contributed by atoms with van der Waals surface area (Å²) in [7, 11) is 0. The van der Waals surface area contributed by atoms with Gasteiger partial charge in [0.05, 0.1) is 12.1 Å². The van der Waals surface area contributed by atoms with Crippen LogP contribution in [-0.2, 0) is 6.54 Å². The maximum Gasteiger partial charge on any atom is 0.255 e. The zero-order chi connectivity index (χ0) is 13.1. The van der Waals surface area contributed by atoms with Crippen LogP contribution in [0, 0.1) is 6.92 Å². The Hall–Kier alpha value is -2.08. The highest BCUT2D eigenvalue weighted by Crippen LogP contribution is 2.27. The number of nitrogens with zero attached hydrogens (tertiary/aromatic N) is 1. The Morgan fingerprint density at radius 3 is 2.89 bits per heavy atom. The number of carbonyl (C=O) groups is 1. The highest BCUT2D eigenvalue weighted by atomic mass is 32.1. The highest BCUT2D eigenvalue weighted by molar-refractivity contribution is 7.09. The number of aryl methyl sites for hydroxylation is 1. The Balaban J connectivity index is 2.06. The zero-order valence-corrected chi connectivity index (χ0v) is 10.5. The van der Waals surface area contributed by atoms with Gasteiger partial charge < -0.3 is 15.5 Å². The van der Waals surface area contributed by atoms with E-state index in [-0.39, 0.29) is 11.3 Å². The predicted molar refractivity (Wildman–Crippen MR) is 67.8 cm³/mol. The number of hydrogen-bond acceptors (Lipinski definition) is 5. The summed E-state index contributed by atoms with van der Waals surface area (Å²) in [6, 6.07) is 4.26. The number of hydrogen-bond donors (Lipinski definition) is 3. The molecular weight excluding hydrogens is 252 g/mol. The van der Waals surface area contributed by atoms with Crippen LogP contribution in [0.4, 0.5) is 0 Å². The lowest BCUT2D eigenvalue weighted by Crippen LogP contribution is -2.22. The minimum Gasteiger partial charge on any atom is -0.504 e. The summed E-state index contributed by atoms with van der Waals surface area (Å²) in [5.41, 5.74) is 0.952. The number of carbonyl (C=O) groups excluding carboxylic acids is 1. The van der Waals surface area contributed by atoms with Crippen LogP contribution in [0.2, 0.25) is 0 Å². The van der Waals surface area contributed by atoms with Gasteiger partial charge in [-0.1, -0.05) is 6.07 Å². The van der Waals surface area contributed by atoms with Crippen molar-refractivity contribution >= 4 is 17.2 Å². The number of thiazole rings is 1. The average molecular weight is 264 g/mol. The number of aromatic hydroxyl groups is 2. The van der Waals surface area contributed by atoms with Gasteiger partial charge in [-0.25, -0.2) is 4.98 Å². The van der Waals surface area contributed by atoms with Crippen molar-refractivity contribution in [3.8, 4) is 11.5 Å². The summed E-state index contributed by atoms with van der Waals surface area (Å²) < 4.78 is 0. The summed E-state index contributed by atoms with van der Waals surface area (Å²) in [6.45, 7) is 2.18. The first-order chi connectivity index (χ1) is 8.58. The number of benzene rings is 1. The summed E-state index contributed by atoms with van der Waals surface area (Å²) in [4.78, 5) is 16.0. The first kappa shape index (κ1) is 12.4. The fraction of sp³-hybridized carbons (Fsp3) is 0.167. The number of rotatable bonds is 3. The van der Waals surface area contributed by atoms with Gasteiger partial charge >= 0.3 is 0 Å². The molecule has 0 bridgehead atoms. The smallest absolute Gasteiger partial charge is 0.255 e. The number of phenolic OH excluding ortho intramolecular Hbond substituents is 2. The van der Waals surface area contributed by atoms with E-state index in [0.717, 1.165) is 10.7 Å². The maximum absolute atomic E-state index is 11.8. The van der Waals surface area contributed by atoms with E-state index < -0.39 is 11.7 Å². The quantitative estimate of drug-likeness (QED) is 0.738. The van der Waals surface area contributed by atoms with Crippen LogP contribution in [0.15, 0.2) is 23.6 Å². The molecule has 1 amide bonds. The van der Waals surface area contributed by atoms with E-state index in [1.807, 2.05) is 12.3 Å². The first-order valence-corrected chi connectivity index (χ1v) is 6.16. The van der Waals surface area contributed by atoms with Crippen molar-refractivity contribution in [1.29, 1.82) is 0 Å². The second-order valence-electron chi connectivity index (χ2n) is 3.74. The Morgan fingerprint density at radius 1 is 1.44 bits per heavy atom. The maximum atomic E-state index is 11.8. The highest BCUT2D eigenvalue weighted by Gasteiger charge is 2.13. The van der Waals surface area contributed by atoms with E-state index in [0.29, 0.717) is 6.54 Å². The molecule has 1 aromatic heterocycles.